The average molecular weight is 476 g/mol. The Kier molecular flexibility index (Phi) is 5.40. The lowest BCUT2D eigenvalue weighted by Crippen LogP contribution is -2.41. The van der Waals surface area contributed by atoms with Gasteiger partial charge in [0.05, 0.1) is 34.0 Å². The molecule has 0 saturated carbocycles. The molecule has 3 aromatic carbocycles. The number of allylic oxidation sites excluding steroid dienone is 3. The van der Waals surface area contributed by atoms with Crippen LogP contribution in [0.3, 0.4) is 0 Å². The van der Waals surface area contributed by atoms with Gasteiger partial charge in [0.2, 0.25) is 0 Å². The first kappa shape index (κ1) is 23.1. The van der Waals surface area contributed by atoms with E-state index in [1.54, 1.807) is 0 Å². The first-order valence-corrected chi connectivity index (χ1v) is 12.9. The van der Waals surface area contributed by atoms with Crippen LogP contribution in [0.2, 0.25) is 0 Å². The van der Waals surface area contributed by atoms with E-state index >= 15 is 0 Å². The Labute approximate surface area is 215 Å². The van der Waals surface area contributed by atoms with Crippen molar-refractivity contribution in [1.82, 2.24) is 0 Å². The Morgan fingerprint density at radius 1 is 0.750 bits per heavy atom. The van der Waals surface area contributed by atoms with Crippen molar-refractivity contribution in [1.29, 1.82) is 0 Å². The van der Waals surface area contributed by atoms with Crippen molar-refractivity contribution in [2.75, 3.05) is 9.80 Å². The van der Waals surface area contributed by atoms with Crippen LogP contribution in [-0.4, -0.2) is 18.3 Å². The molecule has 36 heavy (non-hydrogen) atoms. The third-order valence-electron chi connectivity index (χ3n) is 7.89. The molecule has 2 heterocycles. The molecule has 0 spiro atoms. The van der Waals surface area contributed by atoms with Crippen LogP contribution in [0.25, 0.3) is 0 Å². The number of hydrogen-bond donors (Lipinski definition) is 0. The van der Waals surface area contributed by atoms with Crippen LogP contribution in [0.5, 0.6) is 0 Å². The fourth-order valence-corrected chi connectivity index (χ4v) is 5.24. The standard InChI is InChI=1S/C31H33BN2O2/c1-22-12-11-15-25(20-22)34-27-17-10-9-16-26(27)33(24-13-7-6-8-14-24)28-19-18-23(21-29(28)34)32-35-30(2,3)31(4,5)36-32/h6-11,13-22H,12H2,1-5H3. The summed E-state index contributed by atoms with van der Waals surface area (Å²) in [5, 5.41) is 0. The monoisotopic (exact) mass is 476 g/mol. The third kappa shape index (κ3) is 3.69. The zero-order chi connectivity index (χ0) is 25.1. The average Bonchev–Trinajstić information content (AvgIpc) is 3.09. The van der Waals surface area contributed by atoms with Crippen LogP contribution >= 0.6 is 0 Å². The largest absolute Gasteiger partial charge is 0.494 e. The van der Waals surface area contributed by atoms with Crippen LogP contribution < -0.4 is 15.3 Å². The van der Waals surface area contributed by atoms with E-state index in [-0.39, 0.29) is 11.2 Å². The second-order valence-electron chi connectivity index (χ2n) is 11.0. The third-order valence-corrected chi connectivity index (χ3v) is 7.89. The van der Waals surface area contributed by atoms with E-state index in [9.17, 15) is 0 Å². The normalized spacial score (nSPS) is 21.8. The van der Waals surface area contributed by atoms with Gasteiger partial charge >= 0.3 is 7.12 Å². The van der Waals surface area contributed by atoms with Gasteiger partial charge in [-0.2, -0.15) is 0 Å². The smallest absolute Gasteiger partial charge is 0.399 e. The molecule has 182 valence electrons. The van der Waals surface area contributed by atoms with Crippen molar-refractivity contribution in [2.24, 2.45) is 5.92 Å². The van der Waals surface area contributed by atoms with Gasteiger partial charge in [-0.1, -0.05) is 55.5 Å². The number of fused-ring (bicyclic) bond motifs is 2. The summed E-state index contributed by atoms with van der Waals surface area (Å²) in [6.07, 6.45) is 7.97. The highest BCUT2D eigenvalue weighted by Gasteiger charge is 2.52. The Bertz CT molecular complexity index is 1350. The summed E-state index contributed by atoms with van der Waals surface area (Å²) < 4.78 is 12.9. The molecule has 2 aliphatic heterocycles. The number of rotatable bonds is 3. The van der Waals surface area contributed by atoms with Gasteiger partial charge in [0, 0.05) is 11.4 Å². The molecule has 1 aliphatic carbocycles. The Hall–Kier alpha value is -3.28. The van der Waals surface area contributed by atoms with Gasteiger partial charge < -0.3 is 19.1 Å². The van der Waals surface area contributed by atoms with E-state index in [1.165, 1.54) is 5.70 Å². The van der Waals surface area contributed by atoms with Crippen molar-refractivity contribution in [3.05, 3.63) is 96.7 Å². The molecule has 1 unspecified atom stereocenters. The lowest BCUT2D eigenvalue weighted by molar-refractivity contribution is 0.00578. The molecule has 1 saturated heterocycles. The van der Waals surface area contributed by atoms with Crippen LogP contribution in [0.15, 0.2) is 96.7 Å². The van der Waals surface area contributed by atoms with Crippen LogP contribution in [0.1, 0.15) is 41.0 Å². The minimum atomic E-state index is -0.417. The van der Waals surface area contributed by atoms with Crippen molar-refractivity contribution in [3.8, 4) is 0 Å². The second-order valence-corrected chi connectivity index (χ2v) is 11.0. The summed E-state index contributed by atoms with van der Waals surface area (Å²) in [7, 11) is -0.417. The maximum atomic E-state index is 6.44. The molecule has 3 aromatic rings. The van der Waals surface area contributed by atoms with Gasteiger partial charge in [-0.15, -0.1) is 0 Å². The molecular formula is C31H33BN2O2. The summed E-state index contributed by atoms with van der Waals surface area (Å²) >= 11 is 0. The van der Waals surface area contributed by atoms with E-state index in [0.29, 0.717) is 5.92 Å². The Morgan fingerprint density at radius 2 is 1.36 bits per heavy atom. The molecule has 4 nitrogen and oxygen atoms in total. The molecule has 1 fully saturated rings. The quantitative estimate of drug-likeness (QED) is 0.368. The van der Waals surface area contributed by atoms with Crippen LogP contribution in [0, 0.1) is 5.92 Å². The highest BCUT2D eigenvalue weighted by Crippen LogP contribution is 2.53. The number of nitrogens with zero attached hydrogens (tertiary/aromatic N) is 2. The van der Waals surface area contributed by atoms with Crippen LogP contribution in [-0.2, 0) is 9.31 Å². The minimum Gasteiger partial charge on any atom is -0.399 e. The maximum absolute atomic E-state index is 6.44. The summed E-state index contributed by atoms with van der Waals surface area (Å²) in [6.45, 7) is 10.7. The summed E-state index contributed by atoms with van der Waals surface area (Å²) in [4.78, 5) is 4.75. The van der Waals surface area contributed by atoms with E-state index in [1.807, 2.05) is 0 Å². The highest BCUT2D eigenvalue weighted by molar-refractivity contribution is 6.62. The fourth-order valence-electron chi connectivity index (χ4n) is 5.24. The summed E-state index contributed by atoms with van der Waals surface area (Å²) in [5.41, 5.74) is 7.15. The van der Waals surface area contributed by atoms with Gasteiger partial charge in [0.1, 0.15) is 0 Å². The maximum Gasteiger partial charge on any atom is 0.494 e. The van der Waals surface area contributed by atoms with Gasteiger partial charge in [-0.3, -0.25) is 0 Å². The predicted octanol–water partition coefficient (Wildman–Crippen LogP) is 7.39. The summed E-state index contributed by atoms with van der Waals surface area (Å²) in [5.74, 6) is 0.485. The van der Waals surface area contributed by atoms with Gasteiger partial charge in [-0.25, -0.2) is 0 Å². The zero-order valence-electron chi connectivity index (χ0n) is 21.7. The molecule has 0 amide bonds. The molecule has 5 heteroatoms. The fraction of sp³-hybridized carbons (Fsp3) is 0.290. The first-order valence-electron chi connectivity index (χ1n) is 12.9. The summed E-state index contributed by atoms with van der Waals surface area (Å²) in [6, 6.07) is 25.8. The van der Waals surface area contributed by atoms with Gasteiger partial charge in [-0.05, 0) is 88.0 Å². The number of hydrogen-bond acceptors (Lipinski definition) is 4. The van der Waals surface area contributed by atoms with Crippen LogP contribution in [0.4, 0.5) is 28.4 Å². The van der Waals surface area contributed by atoms with Gasteiger partial charge in [0.15, 0.2) is 0 Å². The van der Waals surface area contributed by atoms with E-state index in [4.69, 9.17) is 9.31 Å². The van der Waals surface area contributed by atoms with Crippen molar-refractivity contribution in [2.45, 2.75) is 52.2 Å². The van der Waals surface area contributed by atoms with Crippen molar-refractivity contribution < 1.29 is 9.31 Å². The molecule has 0 N–H and O–H groups in total. The number of benzene rings is 3. The van der Waals surface area contributed by atoms with Gasteiger partial charge in [0.25, 0.3) is 0 Å². The zero-order valence-corrected chi connectivity index (χ0v) is 21.7. The molecule has 0 radical (unpaired) electrons. The SMILES string of the molecule is CC1C=C(N2c3ccccc3N(c3ccccc3)c3ccc(B4OC(C)(C)C(C)(C)O4)cc32)C=CC1. The van der Waals surface area contributed by atoms with E-state index in [0.717, 1.165) is 40.3 Å². The van der Waals surface area contributed by atoms with Crippen molar-refractivity contribution in [3.63, 3.8) is 0 Å². The van der Waals surface area contributed by atoms with E-state index in [2.05, 4.69) is 135 Å². The predicted molar refractivity (Wildman–Crippen MR) is 150 cm³/mol. The molecular weight excluding hydrogens is 443 g/mol. The molecule has 1 atom stereocenters. The number of anilines is 5. The first-order chi connectivity index (χ1) is 17.2. The highest BCUT2D eigenvalue weighted by atomic mass is 16.7. The van der Waals surface area contributed by atoms with Crippen molar-refractivity contribution >= 4 is 41.0 Å². The topological polar surface area (TPSA) is 24.9 Å². The second kappa shape index (κ2) is 8.40. The lowest BCUT2D eigenvalue weighted by Gasteiger charge is -2.41. The van der Waals surface area contributed by atoms with E-state index < -0.39 is 7.12 Å². The Morgan fingerprint density at radius 3 is 2.03 bits per heavy atom. The lowest BCUT2D eigenvalue weighted by atomic mass is 9.78. The molecule has 6 rings (SSSR count). The number of para-hydroxylation sites is 3. The molecule has 3 aliphatic rings. The molecule has 0 bridgehead atoms. The molecule has 0 aromatic heterocycles. The minimum absolute atomic E-state index is 0.389. The Balaban J connectivity index is 1.55.